The molecule has 5 nitrogen and oxygen atoms in total. The van der Waals surface area contributed by atoms with Crippen LogP contribution in [0.25, 0.3) is 11.4 Å². The molecule has 1 aromatic heterocycles. The van der Waals surface area contributed by atoms with Gasteiger partial charge in [0.25, 0.3) is 0 Å². The molecule has 4 N–H and O–H groups in total. The molecular formula is C16H16ClN5. The molecule has 0 saturated heterocycles. The molecule has 0 fully saturated rings. The lowest BCUT2D eigenvalue weighted by molar-refractivity contribution is 0.901. The molecule has 3 aromatic rings. The summed E-state index contributed by atoms with van der Waals surface area (Å²) in [6.45, 7) is 0.762. The number of nitrogen functional groups attached to an aromatic ring is 1. The number of nitrogens with one attached hydrogen (secondary N) is 2. The summed E-state index contributed by atoms with van der Waals surface area (Å²) in [5.74, 6) is 1.52. The fraction of sp³-hybridized carbons (Fsp3) is 0.125. The van der Waals surface area contributed by atoms with Crippen LogP contribution in [0.4, 0.5) is 11.4 Å². The van der Waals surface area contributed by atoms with Crippen molar-refractivity contribution in [3.05, 3.63) is 59.4 Å². The molecule has 0 spiro atoms. The average Bonchev–Trinajstić information content (AvgIpc) is 2.99. The predicted molar refractivity (Wildman–Crippen MR) is 89.9 cm³/mol. The van der Waals surface area contributed by atoms with Gasteiger partial charge < -0.3 is 11.1 Å². The summed E-state index contributed by atoms with van der Waals surface area (Å²) < 4.78 is 0. The molecule has 0 unspecified atom stereocenters. The van der Waals surface area contributed by atoms with Crippen molar-refractivity contribution in [2.24, 2.45) is 0 Å². The number of hydrogen-bond acceptors (Lipinski definition) is 4. The maximum absolute atomic E-state index is 5.85. The molecule has 6 heteroatoms. The van der Waals surface area contributed by atoms with Crippen molar-refractivity contribution in [2.75, 3.05) is 17.6 Å². The molecular weight excluding hydrogens is 298 g/mol. The van der Waals surface area contributed by atoms with E-state index in [1.807, 2.05) is 48.5 Å². The highest BCUT2D eigenvalue weighted by molar-refractivity contribution is 6.30. The molecule has 0 aliphatic heterocycles. The molecule has 0 radical (unpaired) electrons. The number of rotatable bonds is 5. The van der Waals surface area contributed by atoms with E-state index < -0.39 is 0 Å². The fourth-order valence-corrected chi connectivity index (χ4v) is 2.19. The minimum absolute atomic E-state index is 0.682. The summed E-state index contributed by atoms with van der Waals surface area (Å²) in [6.07, 6.45) is 0.755. The van der Waals surface area contributed by atoms with Crippen LogP contribution in [-0.4, -0.2) is 21.7 Å². The topological polar surface area (TPSA) is 79.6 Å². The van der Waals surface area contributed by atoms with Crippen molar-refractivity contribution in [1.82, 2.24) is 15.2 Å². The molecule has 0 saturated carbocycles. The Balaban J connectivity index is 1.57. The number of aromatic amines is 1. The molecule has 0 bridgehead atoms. The Hall–Kier alpha value is -2.53. The van der Waals surface area contributed by atoms with Gasteiger partial charge in [-0.3, -0.25) is 5.10 Å². The van der Waals surface area contributed by atoms with Gasteiger partial charge in [0, 0.05) is 34.9 Å². The van der Waals surface area contributed by atoms with Crippen LogP contribution in [-0.2, 0) is 6.42 Å². The predicted octanol–water partition coefficient (Wildman–Crippen LogP) is 3.36. The zero-order chi connectivity index (χ0) is 15.4. The Labute approximate surface area is 133 Å². The van der Waals surface area contributed by atoms with Crippen LogP contribution in [0, 0.1) is 0 Å². The first kappa shape index (κ1) is 14.4. The lowest BCUT2D eigenvalue weighted by atomic mass is 10.2. The molecule has 0 aliphatic rings. The summed E-state index contributed by atoms with van der Waals surface area (Å²) >= 11 is 5.85. The molecule has 0 atom stereocenters. The number of hydrogen-bond donors (Lipinski definition) is 3. The van der Waals surface area contributed by atoms with E-state index in [1.165, 1.54) is 0 Å². The number of aromatic nitrogens is 3. The molecule has 112 valence electrons. The number of H-pyrrole nitrogens is 1. The molecule has 22 heavy (non-hydrogen) atoms. The largest absolute Gasteiger partial charge is 0.399 e. The van der Waals surface area contributed by atoms with E-state index in [0.717, 1.165) is 40.8 Å². The Morgan fingerprint density at radius 1 is 1.05 bits per heavy atom. The second-order valence-corrected chi connectivity index (χ2v) is 5.35. The zero-order valence-corrected chi connectivity index (χ0v) is 12.6. The van der Waals surface area contributed by atoms with Gasteiger partial charge in [-0.05, 0) is 48.5 Å². The summed E-state index contributed by atoms with van der Waals surface area (Å²) in [7, 11) is 0. The van der Waals surface area contributed by atoms with Gasteiger partial charge in [0.15, 0.2) is 5.82 Å². The van der Waals surface area contributed by atoms with E-state index in [-0.39, 0.29) is 0 Å². The standard InChI is InChI=1S/C16H16ClN5/c17-12-3-7-14(8-4-12)19-10-9-15-20-16(22-21-15)11-1-5-13(18)6-2-11/h1-8,19H,9-10,18H2,(H,20,21,22). The molecule has 3 rings (SSSR count). The smallest absolute Gasteiger partial charge is 0.181 e. The minimum atomic E-state index is 0.682. The highest BCUT2D eigenvalue weighted by atomic mass is 35.5. The zero-order valence-electron chi connectivity index (χ0n) is 11.9. The second kappa shape index (κ2) is 6.49. The van der Waals surface area contributed by atoms with Gasteiger partial charge in [0.2, 0.25) is 0 Å². The monoisotopic (exact) mass is 313 g/mol. The number of nitrogens with zero attached hydrogens (tertiary/aromatic N) is 2. The third-order valence-corrected chi connectivity index (χ3v) is 3.49. The van der Waals surface area contributed by atoms with Crippen LogP contribution in [0.5, 0.6) is 0 Å². The van der Waals surface area contributed by atoms with Crippen molar-refractivity contribution in [1.29, 1.82) is 0 Å². The first-order valence-electron chi connectivity index (χ1n) is 6.97. The van der Waals surface area contributed by atoms with Crippen LogP contribution in [0.3, 0.4) is 0 Å². The molecule has 0 amide bonds. The van der Waals surface area contributed by atoms with Crippen molar-refractivity contribution >= 4 is 23.0 Å². The lowest BCUT2D eigenvalue weighted by Gasteiger charge is -2.04. The van der Waals surface area contributed by atoms with E-state index in [1.54, 1.807) is 0 Å². The van der Waals surface area contributed by atoms with Gasteiger partial charge in [0.1, 0.15) is 5.82 Å². The highest BCUT2D eigenvalue weighted by Crippen LogP contribution is 2.16. The van der Waals surface area contributed by atoms with Gasteiger partial charge in [0.05, 0.1) is 0 Å². The lowest BCUT2D eigenvalue weighted by Crippen LogP contribution is -2.05. The second-order valence-electron chi connectivity index (χ2n) is 4.91. The number of nitrogens with two attached hydrogens (primary N) is 1. The quantitative estimate of drug-likeness (QED) is 0.631. The Morgan fingerprint density at radius 2 is 1.77 bits per heavy atom. The van der Waals surface area contributed by atoms with Crippen molar-refractivity contribution in [2.45, 2.75) is 6.42 Å². The normalized spacial score (nSPS) is 10.6. The summed E-state index contributed by atoms with van der Waals surface area (Å²) in [4.78, 5) is 4.49. The maximum atomic E-state index is 5.85. The summed E-state index contributed by atoms with van der Waals surface area (Å²) in [6, 6.07) is 15.1. The summed E-state index contributed by atoms with van der Waals surface area (Å²) in [5, 5.41) is 11.2. The van der Waals surface area contributed by atoms with Gasteiger partial charge in [-0.15, -0.1) is 0 Å². The Bertz CT molecular complexity index is 734. The minimum Gasteiger partial charge on any atom is -0.399 e. The van der Waals surface area contributed by atoms with E-state index in [0.29, 0.717) is 5.82 Å². The van der Waals surface area contributed by atoms with Gasteiger partial charge in [-0.1, -0.05) is 11.6 Å². The first-order chi connectivity index (χ1) is 10.7. The van der Waals surface area contributed by atoms with Crippen molar-refractivity contribution in [3.8, 4) is 11.4 Å². The Morgan fingerprint density at radius 3 is 2.50 bits per heavy atom. The van der Waals surface area contributed by atoms with Crippen LogP contribution < -0.4 is 11.1 Å². The van der Waals surface area contributed by atoms with Crippen LogP contribution in [0.1, 0.15) is 5.82 Å². The number of halogens is 1. The third-order valence-electron chi connectivity index (χ3n) is 3.24. The fourth-order valence-electron chi connectivity index (χ4n) is 2.06. The van der Waals surface area contributed by atoms with E-state index in [4.69, 9.17) is 17.3 Å². The highest BCUT2D eigenvalue weighted by Gasteiger charge is 2.05. The average molecular weight is 314 g/mol. The van der Waals surface area contributed by atoms with Gasteiger partial charge in [-0.25, -0.2) is 4.98 Å². The van der Waals surface area contributed by atoms with Gasteiger partial charge >= 0.3 is 0 Å². The van der Waals surface area contributed by atoms with Crippen molar-refractivity contribution in [3.63, 3.8) is 0 Å². The first-order valence-corrected chi connectivity index (χ1v) is 7.35. The van der Waals surface area contributed by atoms with Crippen LogP contribution in [0.2, 0.25) is 5.02 Å². The maximum Gasteiger partial charge on any atom is 0.181 e. The summed E-state index contributed by atoms with van der Waals surface area (Å²) in [5.41, 5.74) is 8.38. The number of benzene rings is 2. The Kier molecular flexibility index (Phi) is 4.25. The van der Waals surface area contributed by atoms with E-state index >= 15 is 0 Å². The molecule has 0 aliphatic carbocycles. The molecule has 1 heterocycles. The van der Waals surface area contributed by atoms with E-state index in [2.05, 4.69) is 20.5 Å². The van der Waals surface area contributed by atoms with Crippen LogP contribution in [0.15, 0.2) is 48.5 Å². The molecule has 2 aromatic carbocycles. The van der Waals surface area contributed by atoms with Crippen LogP contribution >= 0.6 is 11.6 Å². The SMILES string of the molecule is Nc1ccc(-c2n[nH]c(CCNc3ccc(Cl)cc3)n2)cc1. The van der Waals surface area contributed by atoms with E-state index in [9.17, 15) is 0 Å². The third kappa shape index (κ3) is 3.56. The van der Waals surface area contributed by atoms with Gasteiger partial charge in [-0.2, -0.15) is 5.10 Å². The number of anilines is 2. The van der Waals surface area contributed by atoms with Crippen molar-refractivity contribution < 1.29 is 0 Å².